The number of anilines is 1. The molecule has 0 radical (unpaired) electrons. The molecule has 0 saturated heterocycles. The average Bonchev–Trinajstić information content (AvgIpc) is 2.94. The van der Waals surface area contributed by atoms with Gasteiger partial charge in [0.2, 0.25) is 0 Å². The van der Waals surface area contributed by atoms with Gasteiger partial charge in [-0.1, -0.05) is 64.3 Å². The number of hydrogen-bond donors (Lipinski definition) is 0. The Morgan fingerprint density at radius 1 is 1.18 bits per heavy atom. The number of benzene rings is 2. The fourth-order valence-electron chi connectivity index (χ4n) is 5.71. The van der Waals surface area contributed by atoms with Crippen LogP contribution in [0.15, 0.2) is 83.6 Å². The minimum absolute atomic E-state index is 0.00195. The van der Waals surface area contributed by atoms with Crippen molar-refractivity contribution in [3.63, 3.8) is 0 Å². The van der Waals surface area contributed by atoms with E-state index >= 15 is 0 Å². The molecule has 5 rings (SSSR count). The van der Waals surface area contributed by atoms with Gasteiger partial charge >= 0.3 is 0 Å². The molecular formula is C27H29N. The molecule has 2 heterocycles. The van der Waals surface area contributed by atoms with Crippen molar-refractivity contribution >= 4 is 16.5 Å². The minimum Gasteiger partial charge on any atom is -0.344 e. The third-order valence-corrected chi connectivity index (χ3v) is 7.08. The monoisotopic (exact) mass is 367 g/mol. The molecule has 0 spiro atoms. The Bertz CT molecular complexity index is 1090. The van der Waals surface area contributed by atoms with E-state index in [1.54, 1.807) is 0 Å². The van der Waals surface area contributed by atoms with Crippen LogP contribution in [0, 0.1) is 5.92 Å². The van der Waals surface area contributed by atoms with E-state index in [0.29, 0.717) is 5.92 Å². The molecule has 1 heteroatoms. The first kappa shape index (κ1) is 17.6. The zero-order valence-corrected chi connectivity index (χ0v) is 17.3. The molecule has 28 heavy (non-hydrogen) atoms. The highest BCUT2D eigenvalue weighted by Gasteiger charge is 2.46. The Morgan fingerprint density at radius 2 is 1.96 bits per heavy atom. The van der Waals surface area contributed by atoms with Crippen LogP contribution in [0.2, 0.25) is 0 Å². The van der Waals surface area contributed by atoms with Gasteiger partial charge in [-0.15, -0.1) is 0 Å². The van der Waals surface area contributed by atoms with Gasteiger partial charge in [0.1, 0.15) is 0 Å². The molecule has 3 aliphatic rings. The minimum atomic E-state index is -0.00195. The topological polar surface area (TPSA) is 3.24 Å². The second-order valence-corrected chi connectivity index (χ2v) is 9.07. The first-order chi connectivity index (χ1) is 13.4. The van der Waals surface area contributed by atoms with Gasteiger partial charge in [0.15, 0.2) is 0 Å². The van der Waals surface area contributed by atoms with Crippen LogP contribution < -0.4 is 4.90 Å². The third-order valence-electron chi connectivity index (χ3n) is 7.08. The lowest BCUT2D eigenvalue weighted by atomic mass is 9.71. The van der Waals surface area contributed by atoms with Crippen molar-refractivity contribution in [3.8, 4) is 0 Å². The quantitative estimate of drug-likeness (QED) is 0.549. The summed E-state index contributed by atoms with van der Waals surface area (Å²) in [5, 5.41) is 2.73. The first-order valence-electron chi connectivity index (χ1n) is 10.6. The van der Waals surface area contributed by atoms with Crippen molar-refractivity contribution in [2.24, 2.45) is 5.92 Å². The highest BCUT2D eigenvalue weighted by Crippen LogP contribution is 2.56. The maximum atomic E-state index is 4.39. The fourth-order valence-corrected chi connectivity index (χ4v) is 5.71. The van der Waals surface area contributed by atoms with E-state index < -0.39 is 0 Å². The molecule has 1 nitrogen and oxygen atoms in total. The summed E-state index contributed by atoms with van der Waals surface area (Å²) in [6, 6.07) is 13.5. The van der Waals surface area contributed by atoms with Crippen LogP contribution in [-0.2, 0) is 5.41 Å². The average molecular weight is 368 g/mol. The van der Waals surface area contributed by atoms with Crippen molar-refractivity contribution in [1.29, 1.82) is 0 Å². The summed E-state index contributed by atoms with van der Waals surface area (Å²) in [7, 11) is 0. The lowest BCUT2D eigenvalue weighted by molar-refractivity contribution is 0.495. The Balaban J connectivity index is 1.79. The summed E-state index contributed by atoms with van der Waals surface area (Å²) in [6.45, 7) is 16.8. The number of rotatable bonds is 2. The van der Waals surface area contributed by atoms with Crippen LogP contribution in [0.4, 0.5) is 5.69 Å². The van der Waals surface area contributed by atoms with E-state index in [2.05, 4.69) is 81.3 Å². The molecule has 2 aromatic carbocycles. The molecule has 0 saturated carbocycles. The molecule has 2 aromatic rings. The van der Waals surface area contributed by atoms with Gasteiger partial charge in [-0.05, 0) is 76.0 Å². The largest absolute Gasteiger partial charge is 0.344 e. The van der Waals surface area contributed by atoms with Gasteiger partial charge in [0.25, 0.3) is 0 Å². The molecule has 142 valence electrons. The van der Waals surface area contributed by atoms with Gasteiger partial charge in [-0.2, -0.15) is 0 Å². The van der Waals surface area contributed by atoms with Gasteiger partial charge in [0.05, 0.1) is 0 Å². The lowest BCUT2D eigenvalue weighted by Crippen LogP contribution is -2.36. The van der Waals surface area contributed by atoms with E-state index in [1.807, 2.05) is 0 Å². The highest BCUT2D eigenvalue weighted by atomic mass is 15.2. The number of nitrogens with zero attached hydrogens (tertiary/aromatic N) is 1. The second-order valence-electron chi connectivity index (χ2n) is 9.07. The predicted molar refractivity (Wildman–Crippen MR) is 121 cm³/mol. The third kappa shape index (κ3) is 2.25. The van der Waals surface area contributed by atoms with Crippen molar-refractivity contribution in [2.45, 2.75) is 45.4 Å². The Hall–Kier alpha value is -2.54. The summed E-state index contributed by atoms with van der Waals surface area (Å²) in [4.78, 5) is 2.60. The van der Waals surface area contributed by atoms with Gasteiger partial charge in [-0.25, -0.2) is 0 Å². The molecule has 0 aromatic heterocycles. The Morgan fingerprint density at radius 3 is 2.75 bits per heavy atom. The zero-order chi connectivity index (χ0) is 19.6. The Labute approximate surface area is 168 Å². The van der Waals surface area contributed by atoms with Crippen molar-refractivity contribution in [2.75, 3.05) is 11.4 Å². The molecule has 2 aliphatic heterocycles. The molecule has 0 amide bonds. The normalized spacial score (nSPS) is 22.7. The lowest BCUT2D eigenvalue weighted by Gasteiger charge is -2.40. The summed E-state index contributed by atoms with van der Waals surface area (Å²) in [6.07, 6.45) is 5.68. The predicted octanol–water partition coefficient (Wildman–Crippen LogP) is 7.06. The summed E-state index contributed by atoms with van der Waals surface area (Å²) in [5.74, 6) is 0.590. The molecule has 1 atom stereocenters. The van der Waals surface area contributed by atoms with E-state index in [4.69, 9.17) is 0 Å². The molecular weight excluding hydrogens is 338 g/mol. The van der Waals surface area contributed by atoms with E-state index in [9.17, 15) is 0 Å². The number of hydrogen-bond acceptors (Lipinski definition) is 1. The zero-order valence-electron chi connectivity index (χ0n) is 17.3. The SMILES string of the molecule is C=C(CC)C1=CC2=C3N(CCC2CC1=C)c1ccc2ccccc2c1C3(C)C. The van der Waals surface area contributed by atoms with Crippen molar-refractivity contribution < 1.29 is 0 Å². The van der Waals surface area contributed by atoms with Gasteiger partial charge in [0, 0.05) is 23.3 Å². The summed E-state index contributed by atoms with van der Waals surface area (Å²) >= 11 is 0. The van der Waals surface area contributed by atoms with E-state index in [1.165, 1.54) is 56.4 Å². The van der Waals surface area contributed by atoms with E-state index in [0.717, 1.165) is 19.4 Å². The maximum absolute atomic E-state index is 4.39. The van der Waals surface area contributed by atoms with Crippen LogP contribution in [-0.4, -0.2) is 6.54 Å². The van der Waals surface area contributed by atoms with Crippen molar-refractivity contribution in [3.05, 3.63) is 89.2 Å². The van der Waals surface area contributed by atoms with Crippen molar-refractivity contribution in [1.82, 2.24) is 0 Å². The Kier molecular flexibility index (Phi) is 3.75. The standard InChI is InChI=1S/C27H29N/c1-6-17(2)22-16-23-20(15-18(22)3)13-14-28-24-12-11-19-9-7-8-10-21(19)25(24)27(4,5)26(23)28/h7-12,16,20H,2-3,6,13-15H2,1,4-5H3. The molecule has 0 fully saturated rings. The van der Waals surface area contributed by atoms with Crippen LogP contribution >= 0.6 is 0 Å². The highest BCUT2D eigenvalue weighted by molar-refractivity contribution is 5.95. The smallest absolute Gasteiger partial charge is 0.0457 e. The first-order valence-corrected chi connectivity index (χ1v) is 10.6. The number of fused-ring (bicyclic) bond motifs is 6. The van der Waals surface area contributed by atoms with Gasteiger partial charge < -0.3 is 4.90 Å². The van der Waals surface area contributed by atoms with Crippen LogP contribution in [0.5, 0.6) is 0 Å². The summed E-state index contributed by atoms with van der Waals surface area (Å²) in [5.41, 5.74) is 9.69. The molecule has 0 N–H and O–H groups in total. The fraction of sp³-hybridized carbons (Fsp3) is 0.333. The van der Waals surface area contributed by atoms with E-state index in [-0.39, 0.29) is 5.41 Å². The molecule has 1 aliphatic carbocycles. The number of allylic oxidation sites excluding steroid dienone is 6. The summed E-state index contributed by atoms with van der Waals surface area (Å²) < 4.78 is 0. The molecule has 0 bridgehead atoms. The molecule has 1 unspecified atom stereocenters. The van der Waals surface area contributed by atoms with Crippen LogP contribution in [0.1, 0.15) is 45.6 Å². The van der Waals surface area contributed by atoms with Crippen LogP contribution in [0.3, 0.4) is 0 Å². The van der Waals surface area contributed by atoms with Crippen LogP contribution in [0.25, 0.3) is 10.8 Å². The maximum Gasteiger partial charge on any atom is 0.0457 e. The van der Waals surface area contributed by atoms with Gasteiger partial charge in [-0.3, -0.25) is 0 Å². The second kappa shape index (κ2) is 5.98.